The van der Waals surface area contributed by atoms with Gasteiger partial charge in [-0.05, 0) is 34.2 Å². The molecule has 0 bridgehead atoms. The van der Waals surface area contributed by atoms with Crippen molar-refractivity contribution in [2.75, 3.05) is 26.3 Å². The van der Waals surface area contributed by atoms with Crippen LogP contribution < -0.4 is 0 Å². The van der Waals surface area contributed by atoms with Crippen LogP contribution in [-0.2, 0) is 9.53 Å². The van der Waals surface area contributed by atoms with Crippen molar-refractivity contribution < 1.29 is 13.9 Å². The standard InChI is InChI=1S/C19H18FN5O2S/c20-15-7-4-8-16(13-15)25-19(21-22-23-25)28-17(14-5-2-1-3-6-14)18(26)24-9-11-27-12-10-24/h1-8,13,17H,9-12H2/t17-/m0/s1. The van der Waals surface area contributed by atoms with E-state index in [9.17, 15) is 9.18 Å². The van der Waals surface area contributed by atoms with Gasteiger partial charge in [0.25, 0.3) is 0 Å². The van der Waals surface area contributed by atoms with Crippen LogP contribution in [0.25, 0.3) is 5.69 Å². The maximum absolute atomic E-state index is 13.6. The van der Waals surface area contributed by atoms with Gasteiger partial charge in [0.15, 0.2) is 0 Å². The molecular weight excluding hydrogens is 381 g/mol. The molecule has 1 aromatic heterocycles. The van der Waals surface area contributed by atoms with Gasteiger partial charge < -0.3 is 9.64 Å². The second kappa shape index (κ2) is 8.49. The number of benzene rings is 2. The molecule has 144 valence electrons. The van der Waals surface area contributed by atoms with Crippen molar-refractivity contribution in [2.24, 2.45) is 0 Å². The van der Waals surface area contributed by atoms with Crippen LogP contribution in [-0.4, -0.2) is 57.3 Å². The van der Waals surface area contributed by atoms with Crippen molar-refractivity contribution in [3.63, 3.8) is 0 Å². The van der Waals surface area contributed by atoms with E-state index >= 15 is 0 Å². The van der Waals surface area contributed by atoms with Crippen molar-refractivity contribution in [3.05, 3.63) is 66.0 Å². The Kier molecular flexibility index (Phi) is 5.63. The Morgan fingerprint density at radius 1 is 1.11 bits per heavy atom. The average Bonchev–Trinajstić information content (AvgIpc) is 3.21. The minimum absolute atomic E-state index is 0.0201. The third kappa shape index (κ3) is 4.05. The molecule has 1 atom stereocenters. The summed E-state index contributed by atoms with van der Waals surface area (Å²) in [5, 5.41) is 11.7. The molecule has 0 unspecified atom stereocenters. The van der Waals surface area contributed by atoms with E-state index in [2.05, 4.69) is 15.5 Å². The number of carbonyl (C=O) groups excluding carboxylic acids is 1. The van der Waals surface area contributed by atoms with Crippen LogP contribution in [0.1, 0.15) is 10.8 Å². The molecule has 28 heavy (non-hydrogen) atoms. The number of ether oxygens (including phenoxy) is 1. The van der Waals surface area contributed by atoms with Crippen LogP contribution in [0.5, 0.6) is 0 Å². The molecule has 3 aromatic rings. The van der Waals surface area contributed by atoms with Gasteiger partial charge in [-0.2, -0.15) is 4.68 Å². The van der Waals surface area contributed by atoms with Crippen LogP contribution >= 0.6 is 11.8 Å². The van der Waals surface area contributed by atoms with E-state index in [0.29, 0.717) is 37.1 Å². The minimum Gasteiger partial charge on any atom is -0.378 e. The normalized spacial score (nSPS) is 15.4. The molecule has 0 spiro atoms. The molecule has 4 rings (SSSR count). The molecule has 1 aliphatic heterocycles. The van der Waals surface area contributed by atoms with Crippen molar-refractivity contribution in [1.29, 1.82) is 0 Å². The lowest BCUT2D eigenvalue weighted by atomic mass is 10.1. The van der Waals surface area contributed by atoms with Crippen LogP contribution in [0.2, 0.25) is 0 Å². The summed E-state index contributed by atoms with van der Waals surface area (Å²) in [6, 6.07) is 15.5. The van der Waals surface area contributed by atoms with Gasteiger partial charge in [-0.15, -0.1) is 5.10 Å². The zero-order valence-electron chi connectivity index (χ0n) is 14.9. The second-order valence-corrected chi connectivity index (χ2v) is 7.27. The van der Waals surface area contributed by atoms with Crippen molar-refractivity contribution in [2.45, 2.75) is 10.4 Å². The highest BCUT2D eigenvalue weighted by atomic mass is 32.2. The number of carbonyl (C=O) groups is 1. The molecule has 1 amide bonds. The summed E-state index contributed by atoms with van der Waals surface area (Å²) >= 11 is 1.25. The first kappa shape index (κ1) is 18.6. The Labute approximate surface area is 165 Å². The lowest BCUT2D eigenvalue weighted by Crippen LogP contribution is -2.42. The maximum Gasteiger partial charge on any atom is 0.240 e. The molecule has 0 radical (unpaired) electrons. The number of nitrogens with zero attached hydrogens (tertiary/aromatic N) is 5. The summed E-state index contributed by atoms with van der Waals surface area (Å²) in [4.78, 5) is 15.0. The highest BCUT2D eigenvalue weighted by molar-refractivity contribution is 8.00. The summed E-state index contributed by atoms with van der Waals surface area (Å²) in [5.74, 6) is -0.402. The lowest BCUT2D eigenvalue weighted by Gasteiger charge is -2.30. The monoisotopic (exact) mass is 399 g/mol. The van der Waals surface area contributed by atoms with Crippen LogP contribution in [0.4, 0.5) is 4.39 Å². The maximum atomic E-state index is 13.6. The Hall–Kier alpha value is -2.78. The largest absolute Gasteiger partial charge is 0.378 e. The van der Waals surface area contributed by atoms with E-state index in [1.165, 1.54) is 28.6 Å². The third-order valence-electron chi connectivity index (χ3n) is 4.37. The molecule has 2 heterocycles. The summed E-state index contributed by atoms with van der Waals surface area (Å²) in [6.07, 6.45) is 0. The number of thioether (sulfide) groups is 1. The number of tetrazole rings is 1. The molecule has 0 saturated carbocycles. The minimum atomic E-state index is -0.516. The molecule has 9 heteroatoms. The molecular formula is C19H18FN5O2S. The molecule has 0 N–H and O–H groups in total. The number of halogens is 1. The van der Waals surface area contributed by atoms with Crippen molar-refractivity contribution in [1.82, 2.24) is 25.1 Å². The SMILES string of the molecule is O=C([C@@H](Sc1nnnn1-c1cccc(F)c1)c1ccccc1)N1CCOCC1. The van der Waals surface area contributed by atoms with Crippen LogP contribution in [0.15, 0.2) is 59.8 Å². The number of hydrogen-bond acceptors (Lipinski definition) is 6. The van der Waals surface area contributed by atoms with Gasteiger partial charge in [-0.25, -0.2) is 4.39 Å². The zero-order valence-corrected chi connectivity index (χ0v) is 15.8. The van der Waals surface area contributed by atoms with E-state index in [1.54, 1.807) is 17.0 Å². The number of rotatable bonds is 5. The van der Waals surface area contributed by atoms with Gasteiger partial charge in [0.1, 0.15) is 11.1 Å². The van der Waals surface area contributed by atoms with Gasteiger partial charge in [0.05, 0.1) is 18.9 Å². The Bertz CT molecular complexity index is 946. The van der Waals surface area contributed by atoms with Crippen LogP contribution in [0.3, 0.4) is 0 Å². The van der Waals surface area contributed by atoms with Crippen molar-refractivity contribution in [3.8, 4) is 5.69 Å². The first-order valence-corrected chi connectivity index (χ1v) is 9.73. The molecule has 2 aromatic carbocycles. The van der Waals surface area contributed by atoms with E-state index in [4.69, 9.17) is 4.74 Å². The number of hydrogen-bond donors (Lipinski definition) is 0. The first-order valence-electron chi connectivity index (χ1n) is 8.85. The Morgan fingerprint density at radius 2 is 1.89 bits per heavy atom. The first-order chi connectivity index (χ1) is 13.7. The predicted octanol–water partition coefficient (Wildman–Crippen LogP) is 2.49. The zero-order chi connectivity index (χ0) is 19.3. The molecule has 1 fully saturated rings. The summed E-state index contributed by atoms with van der Waals surface area (Å²) in [7, 11) is 0. The van der Waals surface area contributed by atoms with E-state index < -0.39 is 5.25 Å². The highest BCUT2D eigenvalue weighted by Gasteiger charge is 2.30. The Balaban J connectivity index is 1.65. The fourth-order valence-electron chi connectivity index (χ4n) is 2.97. The Morgan fingerprint density at radius 3 is 2.64 bits per heavy atom. The average molecular weight is 399 g/mol. The molecule has 1 saturated heterocycles. The predicted molar refractivity (Wildman–Crippen MR) is 102 cm³/mol. The van der Waals surface area contributed by atoms with Gasteiger partial charge in [0.2, 0.25) is 11.1 Å². The van der Waals surface area contributed by atoms with E-state index in [0.717, 1.165) is 5.56 Å². The molecule has 0 aliphatic carbocycles. The smallest absolute Gasteiger partial charge is 0.240 e. The van der Waals surface area contributed by atoms with Gasteiger partial charge in [-0.1, -0.05) is 48.2 Å². The fourth-order valence-corrected chi connectivity index (χ4v) is 4.05. The van der Waals surface area contributed by atoms with Crippen molar-refractivity contribution >= 4 is 17.7 Å². The lowest BCUT2D eigenvalue weighted by molar-refractivity contribution is -0.134. The number of aromatic nitrogens is 4. The third-order valence-corrected chi connectivity index (χ3v) is 5.54. The van der Waals surface area contributed by atoms with Gasteiger partial charge >= 0.3 is 0 Å². The fraction of sp³-hybridized carbons (Fsp3) is 0.263. The summed E-state index contributed by atoms with van der Waals surface area (Å²) in [5.41, 5.74) is 1.36. The summed E-state index contributed by atoms with van der Waals surface area (Å²) < 4.78 is 20.4. The topological polar surface area (TPSA) is 73.1 Å². The second-order valence-electron chi connectivity index (χ2n) is 6.20. The van der Waals surface area contributed by atoms with Gasteiger partial charge in [0, 0.05) is 13.1 Å². The van der Waals surface area contributed by atoms with Crippen LogP contribution in [0, 0.1) is 5.82 Å². The van der Waals surface area contributed by atoms with E-state index in [1.807, 2.05) is 30.3 Å². The van der Waals surface area contributed by atoms with E-state index in [-0.39, 0.29) is 11.7 Å². The highest BCUT2D eigenvalue weighted by Crippen LogP contribution is 2.36. The molecule has 1 aliphatic rings. The number of morpholine rings is 1. The quantitative estimate of drug-likeness (QED) is 0.614. The van der Waals surface area contributed by atoms with Gasteiger partial charge in [-0.3, -0.25) is 4.79 Å². The summed E-state index contributed by atoms with van der Waals surface area (Å²) in [6.45, 7) is 2.16. The molecule has 7 nitrogen and oxygen atoms in total. The number of amides is 1.